The highest BCUT2D eigenvalue weighted by Crippen LogP contribution is 2.34. The fourth-order valence-corrected chi connectivity index (χ4v) is 3.69. The number of furan rings is 1. The van der Waals surface area contributed by atoms with Gasteiger partial charge in [-0.25, -0.2) is 0 Å². The molecule has 1 aliphatic heterocycles. The molecule has 2 heterocycles. The average Bonchev–Trinajstić information content (AvgIpc) is 3.29. The van der Waals surface area contributed by atoms with Crippen molar-refractivity contribution in [3.8, 4) is 17.1 Å². The third-order valence-electron chi connectivity index (χ3n) is 4.33. The minimum atomic E-state index is -0.304. The summed E-state index contributed by atoms with van der Waals surface area (Å²) in [5, 5.41) is -0.276. The zero-order valence-corrected chi connectivity index (χ0v) is 15.9. The van der Waals surface area contributed by atoms with Gasteiger partial charge in [-0.05, 0) is 53.7 Å². The number of rotatable bonds is 5. The quantitative estimate of drug-likeness (QED) is 0.560. The molecule has 0 aliphatic carbocycles. The molecule has 0 atom stereocenters. The Bertz CT molecular complexity index is 1040. The van der Waals surface area contributed by atoms with Crippen LogP contribution < -0.4 is 4.74 Å². The molecule has 1 fully saturated rings. The van der Waals surface area contributed by atoms with Crippen LogP contribution in [0, 0.1) is 0 Å². The summed E-state index contributed by atoms with van der Waals surface area (Å²) < 4.78 is 11.0. The molecule has 0 spiro atoms. The Morgan fingerprint density at radius 3 is 2.46 bits per heavy atom. The van der Waals surface area contributed by atoms with Crippen molar-refractivity contribution in [3.63, 3.8) is 0 Å². The van der Waals surface area contributed by atoms with Gasteiger partial charge in [0, 0.05) is 11.6 Å². The first-order valence-corrected chi connectivity index (χ1v) is 9.49. The van der Waals surface area contributed by atoms with Crippen molar-refractivity contribution >= 4 is 29.0 Å². The number of amides is 2. The standard InChI is InChI=1S/C22H17NO4S/c1-26-17-9-7-16(8-10-17)19-12-11-18(27-19)13-20-21(24)23(22(25)28-20)14-15-5-3-2-4-6-15/h2-13H,14H2,1H3. The van der Waals surface area contributed by atoms with Crippen LogP contribution in [-0.2, 0) is 11.3 Å². The van der Waals surface area contributed by atoms with Crippen LogP contribution in [0.5, 0.6) is 5.75 Å². The van der Waals surface area contributed by atoms with Crippen LogP contribution in [0.3, 0.4) is 0 Å². The molecule has 4 rings (SSSR count). The van der Waals surface area contributed by atoms with E-state index in [1.807, 2.05) is 60.7 Å². The number of carbonyl (C=O) groups excluding carboxylic acids is 2. The highest BCUT2D eigenvalue weighted by molar-refractivity contribution is 8.18. The zero-order valence-electron chi connectivity index (χ0n) is 15.1. The van der Waals surface area contributed by atoms with E-state index in [2.05, 4.69) is 0 Å². The monoisotopic (exact) mass is 391 g/mol. The van der Waals surface area contributed by atoms with Crippen molar-refractivity contribution in [3.05, 3.63) is 83.0 Å². The lowest BCUT2D eigenvalue weighted by molar-refractivity contribution is -0.123. The Balaban J connectivity index is 1.52. The van der Waals surface area contributed by atoms with Gasteiger partial charge in [0.15, 0.2) is 0 Å². The molecule has 0 N–H and O–H groups in total. The molecule has 28 heavy (non-hydrogen) atoms. The molecular formula is C22H17NO4S. The summed E-state index contributed by atoms with van der Waals surface area (Å²) in [6, 6.07) is 20.6. The van der Waals surface area contributed by atoms with E-state index in [1.54, 1.807) is 19.3 Å². The van der Waals surface area contributed by atoms with E-state index in [0.29, 0.717) is 16.4 Å². The van der Waals surface area contributed by atoms with E-state index >= 15 is 0 Å². The predicted octanol–water partition coefficient (Wildman–Crippen LogP) is 5.19. The Kier molecular flexibility index (Phi) is 5.04. The first kappa shape index (κ1) is 18.1. The molecule has 1 aromatic heterocycles. The summed E-state index contributed by atoms with van der Waals surface area (Å²) in [5.41, 5.74) is 1.81. The van der Waals surface area contributed by atoms with Crippen molar-refractivity contribution in [1.29, 1.82) is 0 Å². The Morgan fingerprint density at radius 1 is 1.00 bits per heavy atom. The number of benzene rings is 2. The summed E-state index contributed by atoms with van der Waals surface area (Å²) >= 11 is 0.928. The SMILES string of the molecule is COc1ccc(-c2ccc(C=C3SC(=O)N(Cc4ccccc4)C3=O)o2)cc1. The molecule has 0 radical (unpaired) electrons. The van der Waals surface area contributed by atoms with Gasteiger partial charge >= 0.3 is 0 Å². The highest BCUT2D eigenvalue weighted by atomic mass is 32.2. The van der Waals surface area contributed by atoms with Gasteiger partial charge in [-0.1, -0.05) is 30.3 Å². The van der Waals surface area contributed by atoms with E-state index in [1.165, 1.54) is 4.90 Å². The van der Waals surface area contributed by atoms with Crippen LogP contribution in [0.2, 0.25) is 0 Å². The van der Waals surface area contributed by atoms with Crippen LogP contribution in [-0.4, -0.2) is 23.2 Å². The van der Waals surface area contributed by atoms with E-state index in [0.717, 1.165) is 28.6 Å². The Hall–Kier alpha value is -3.25. The Morgan fingerprint density at radius 2 is 1.75 bits per heavy atom. The molecule has 0 bridgehead atoms. The number of hydrogen-bond acceptors (Lipinski definition) is 5. The molecule has 1 aliphatic rings. The number of ether oxygens (including phenoxy) is 1. The summed E-state index contributed by atoms with van der Waals surface area (Å²) in [5.74, 6) is 1.66. The fourth-order valence-electron chi connectivity index (χ4n) is 2.87. The lowest BCUT2D eigenvalue weighted by Crippen LogP contribution is -2.27. The second-order valence-electron chi connectivity index (χ2n) is 6.18. The average molecular weight is 391 g/mol. The molecule has 140 valence electrons. The van der Waals surface area contributed by atoms with E-state index in [-0.39, 0.29) is 17.7 Å². The Labute approximate surface area is 166 Å². The number of thioether (sulfide) groups is 1. The third-order valence-corrected chi connectivity index (χ3v) is 5.24. The lowest BCUT2D eigenvalue weighted by atomic mass is 10.2. The maximum atomic E-state index is 12.6. The molecule has 5 nitrogen and oxygen atoms in total. The second kappa shape index (κ2) is 7.78. The number of hydrogen-bond donors (Lipinski definition) is 0. The van der Waals surface area contributed by atoms with Crippen molar-refractivity contribution < 1.29 is 18.7 Å². The van der Waals surface area contributed by atoms with Gasteiger partial charge in [0.05, 0.1) is 18.6 Å². The van der Waals surface area contributed by atoms with Crippen molar-refractivity contribution in [2.75, 3.05) is 7.11 Å². The van der Waals surface area contributed by atoms with Crippen molar-refractivity contribution in [1.82, 2.24) is 4.90 Å². The molecule has 0 saturated carbocycles. The maximum Gasteiger partial charge on any atom is 0.293 e. The van der Waals surface area contributed by atoms with Gasteiger partial charge in [-0.2, -0.15) is 0 Å². The maximum absolute atomic E-state index is 12.6. The van der Waals surface area contributed by atoms with Crippen LogP contribution >= 0.6 is 11.8 Å². The van der Waals surface area contributed by atoms with Gasteiger partial charge in [0.25, 0.3) is 11.1 Å². The van der Waals surface area contributed by atoms with Crippen LogP contribution in [0.4, 0.5) is 4.79 Å². The molecule has 0 unspecified atom stereocenters. The van der Waals surface area contributed by atoms with Crippen LogP contribution in [0.25, 0.3) is 17.4 Å². The second-order valence-corrected chi connectivity index (χ2v) is 7.18. The minimum Gasteiger partial charge on any atom is -0.497 e. The lowest BCUT2D eigenvalue weighted by Gasteiger charge is -2.11. The molecule has 6 heteroatoms. The van der Waals surface area contributed by atoms with Gasteiger partial charge in [0.2, 0.25) is 0 Å². The van der Waals surface area contributed by atoms with Crippen LogP contribution in [0.15, 0.2) is 76.1 Å². The van der Waals surface area contributed by atoms with Crippen LogP contribution in [0.1, 0.15) is 11.3 Å². The molecule has 2 aromatic carbocycles. The first-order valence-electron chi connectivity index (χ1n) is 8.67. The molecule has 2 amide bonds. The highest BCUT2D eigenvalue weighted by Gasteiger charge is 2.35. The van der Waals surface area contributed by atoms with E-state index in [4.69, 9.17) is 9.15 Å². The van der Waals surface area contributed by atoms with Crippen molar-refractivity contribution in [2.45, 2.75) is 6.54 Å². The van der Waals surface area contributed by atoms with Gasteiger partial charge < -0.3 is 9.15 Å². The summed E-state index contributed by atoms with van der Waals surface area (Å²) in [4.78, 5) is 26.5. The largest absolute Gasteiger partial charge is 0.497 e. The molecular weight excluding hydrogens is 374 g/mol. The number of carbonyl (C=O) groups is 2. The van der Waals surface area contributed by atoms with Gasteiger partial charge in [0.1, 0.15) is 17.3 Å². The number of methoxy groups -OCH3 is 1. The van der Waals surface area contributed by atoms with E-state index < -0.39 is 0 Å². The fraction of sp³-hybridized carbons (Fsp3) is 0.0909. The van der Waals surface area contributed by atoms with Crippen molar-refractivity contribution in [2.24, 2.45) is 0 Å². The topological polar surface area (TPSA) is 59.8 Å². The third kappa shape index (κ3) is 3.73. The van der Waals surface area contributed by atoms with Gasteiger partial charge in [-0.3, -0.25) is 14.5 Å². The van der Waals surface area contributed by atoms with Gasteiger partial charge in [-0.15, -0.1) is 0 Å². The minimum absolute atomic E-state index is 0.262. The molecule has 1 saturated heterocycles. The zero-order chi connectivity index (χ0) is 19.5. The number of imide groups is 1. The summed E-state index contributed by atoms with van der Waals surface area (Å²) in [7, 11) is 1.62. The summed E-state index contributed by atoms with van der Waals surface area (Å²) in [6.45, 7) is 0.262. The summed E-state index contributed by atoms with van der Waals surface area (Å²) in [6.07, 6.45) is 1.61. The normalized spacial score (nSPS) is 15.5. The molecule has 3 aromatic rings. The number of nitrogens with zero attached hydrogens (tertiary/aromatic N) is 1. The van der Waals surface area contributed by atoms with E-state index in [9.17, 15) is 9.59 Å². The first-order chi connectivity index (χ1) is 13.6. The predicted molar refractivity (Wildman–Crippen MR) is 109 cm³/mol. The smallest absolute Gasteiger partial charge is 0.293 e.